The molecule has 1 aromatic carbocycles. The summed E-state index contributed by atoms with van der Waals surface area (Å²) in [6, 6.07) is 5.95. The predicted molar refractivity (Wildman–Crippen MR) is 73.8 cm³/mol. The third-order valence-electron chi connectivity index (χ3n) is 2.45. The maximum atomic E-state index is 11.8. The quantitative estimate of drug-likeness (QED) is 0.749. The third-order valence-corrected chi connectivity index (χ3v) is 2.45. The minimum atomic E-state index is -0.470. The normalized spacial score (nSPS) is 12.5. The summed E-state index contributed by atoms with van der Waals surface area (Å²) < 4.78 is 5.65. The number of nitrogens with zero attached hydrogens (tertiary/aromatic N) is 1. The molecule has 0 spiro atoms. The summed E-state index contributed by atoms with van der Waals surface area (Å²) >= 11 is 0. The van der Waals surface area contributed by atoms with Gasteiger partial charge in [-0.1, -0.05) is 6.07 Å². The van der Waals surface area contributed by atoms with Crippen molar-refractivity contribution in [3.05, 3.63) is 41.6 Å². The molecule has 1 rings (SSSR count). The lowest BCUT2D eigenvalue weighted by Gasteiger charge is -2.13. The van der Waals surface area contributed by atoms with E-state index >= 15 is 0 Å². The van der Waals surface area contributed by atoms with Crippen molar-refractivity contribution >= 4 is 5.78 Å². The Morgan fingerprint density at radius 3 is 2.28 bits per heavy atom. The monoisotopic (exact) mass is 247 g/mol. The number of rotatable bonds is 5. The van der Waals surface area contributed by atoms with Gasteiger partial charge in [-0.2, -0.15) is 0 Å². The van der Waals surface area contributed by atoms with E-state index in [0.29, 0.717) is 0 Å². The summed E-state index contributed by atoms with van der Waals surface area (Å²) in [5.41, 5.74) is 2.27. The van der Waals surface area contributed by atoms with Crippen LogP contribution in [0.1, 0.15) is 18.1 Å². The van der Waals surface area contributed by atoms with Crippen LogP contribution in [0.15, 0.2) is 30.5 Å². The van der Waals surface area contributed by atoms with Gasteiger partial charge in [0.15, 0.2) is 11.9 Å². The average molecular weight is 247 g/mol. The van der Waals surface area contributed by atoms with E-state index in [1.54, 1.807) is 13.1 Å². The molecule has 0 unspecified atom stereocenters. The molecule has 0 aliphatic rings. The van der Waals surface area contributed by atoms with Crippen molar-refractivity contribution in [1.82, 2.24) is 4.90 Å². The molecule has 0 bridgehead atoms. The SMILES string of the molecule is Cc1cc(C)cc(O[C@@H](C)C(=O)/C=C/N(C)C)c1. The lowest BCUT2D eigenvalue weighted by atomic mass is 10.1. The zero-order valence-corrected chi connectivity index (χ0v) is 11.7. The molecule has 1 atom stereocenters. The molecule has 0 aromatic heterocycles. The van der Waals surface area contributed by atoms with Crippen LogP contribution in [0.2, 0.25) is 0 Å². The van der Waals surface area contributed by atoms with Crippen molar-refractivity contribution < 1.29 is 9.53 Å². The van der Waals surface area contributed by atoms with Crippen LogP contribution in [0.5, 0.6) is 5.75 Å². The van der Waals surface area contributed by atoms with E-state index in [1.807, 2.05) is 45.0 Å². The van der Waals surface area contributed by atoms with Gasteiger partial charge in [0.2, 0.25) is 0 Å². The van der Waals surface area contributed by atoms with E-state index in [9.17, 15) is 4.79 Å². The van der Waals surface area contributed by atoms with Crippen molar-refractivity contribution in [1.29, 1.82) is 0 Å². The highest BCUT2D eigenvalue weighted by Gasteiger charge is 2.11. The van der Waals surface area contributed by atoms with Gasteiger partial charge in [0.1, 0.15) is 5.75 Å². The van der Waals surface area contributed by atoms with Crippen molar-refractivity contribution in [2.45, 2.75) is 26.9 Å². The maximum Gasteiger partial charge on any atom is 0.197 e. The molecule has 0 amide bonds. The molecular weight excluding hydrogens is 226 g/mol. The number of aryl methyl sites for hydroxylation is 2. The molecule has 3 heteroatoms. The van der Waals surface area contributed by atoms with Crippen LogP contribution in [0, 0.1) is 13.8 Å². The summed E-state index contributed by atoms with van der Waals surface area (Å²) in [4.78, 5) is 13.6. The highest BCUT2D eigenvalue weighted by Crippen LogP contribution is 2.17. The van der Waals surface area contributed by atoms with Crippen molar-refractivity contribution in [3.8, 4) is 5.75 Å². The van der Waals surface area contributed by atoms with Gasteiger partial charge in [-0.05, 0) is 44.0 Å². The molecular formula is C15H21NO2. The van der Waals surface area contributed by atoms with Gasteiger partial charge >= 0.3 is 0 Å². The Kier molecular flexibility index (Phi) is 4.95. The first-order valence-corrected chi connectivity index (χ1v) is 6.02. The molecule has 1 aromatic rings. The van der Waals surface area contributed by atoms with Crippen LogP contribution in [-0.2, 0) is 4.79 Å². The van der Waals surface area contributed by atoms with E-state index in [4.69, 9.17) is 4.74 Å². The Labute approximate surface area is 109 Å². The van der Waals surface area contributed by atoms with Gasteiger partial charge in [-0.3, -0.25) is 4.79 Å². The highest BCUT2D eigenvalue weighted by molar-refractivity contribution is 5.93. The van der Waals surface area contributed by atoms with Gasteiger partial charge in [0.25, 0.3) is 0 Å². The van der Waals surface area contributed by atoms with Crippen LogP contribution in [-0.4, -0.2) is 30.9 Å². The summed E-state index contributed by atoms with van der Waals surface area (Å²) in [5.74, 6) is 0.703. The minimum Gasteiger partial charge on any atom is -0.483 e. The Balaban J connectivity index is 2.69. The van der Waals surface area contributed by atoms with Crippen molar-refractivity contribution in [3.63, 3.8) is 0 Å². The van der Waals surface area contributed by atoms with Crippen LogP contribution in [0.4, 0.5) is 0 Å². The van der Waals surface area contributed by atoms with Gasteiger partial charge in [0.05, 0.1) is 0 Å². The van der Waals surface area contributed by atoms with Gasteiger partial charge < -0.3 is 9.64 Å². The third kappa shape index (κ3) is 4.62. The number of carbonyl (C=O) groups excluding carboxylic acids is 1. The van der Waals surface area contributed by atoms with Crippen molar-refractivity contribution in [2.24, 2.45) is 0 Å². The lowest BCUT2D eigenvalue weighted by molar-refractivity contribution is -0.120. The second-order valence-corrected chi connectivity index (χ2v) is 4.77. The maximum absolute atomic E-state index is 11.8. The van der Waals surface area contributed by atoms with E-state index < -0.39 is 6.10 Å². The van der Waals surface area contributed by atoms with Gasteiger partial charge in [0, 0.05) is 26.4 Å². The van der Waals surface area contributed by atoms with E-state index in [-0.39, 0.29) is 5.78 Å². The zero-order chi connectivity index (χ0) is 13.7. The second kappa shape index (κ2) is 6.24. The van der Waals surface area contributed by atoms with Gasteiger partial charge in [-0.25, -0.2) is 0 Å². The van der Waals surface area contributed by atoms with Crippen LogP contribution >= 0.6 is 0 Å². The largest absolute Gasteiger partial charge is 0.483 e. The average Bonchev–Trinajstić information content (AvgIpc) is 2.24. The molecule has 0 aliphatic carbocycles. The second-order valence-electron chi connectivity index (χ2n) is 4.77. The molecule has 0 saturated heterocycles. The lowest BCUT2D eigenvalue weighted by Crippen LogP contribution is -2.22. The molecule has 0 heterocycles. The summed E-state index contributed by atoms with van der Waals surface area (Å²) in [6.45, 7) is 5.79. The standard InChI is InChI=1S/C15H21NO2/c1-11-8-12(2)10-14(9-11)18-13(3)15(17)6-7-16(4)5/h6-10,13H,1-5H3/b7-6+/t13-/m0/s1. The van der Waals surface area contributed by atoms with Crippen LogP contribution < -0.4 is 4.74 Å². The smallest absolute Gasteiger partial charge is 0.197 e. The number of ether oxygens (including phenoxy) is 1. The molecule has 3 nitrogen and oxygen atoms in total. The fourth-order valence-electron chi connectivity index (χ4n) is 1.62. The number of hydrogen-bond donors (Lipinski definition) is 0. The zero-order valence-electron chi connectivity index (χ0n) is 11.7. The topological polar surface area (TPSA) is 29.5 Å². The Morgan fingerprint density at radius 2 is 1.78 bits per heavy atom. The minimum absolute atomic E-state index is 0.0390. The molecule has 18 heavy (non-hydrogen) atoms. The van der Waals surface area contributed by atoms with Crippen LogP contribution in [0.25, 0.3) is 0 Å². The molecule has 98 valence electrons. The predicted octanol–water partition coefficient (Wildman–Crippen LogP) is 2.72. The molecule has 0 saturated carbocycles. The first-order chi connectivity index (χ1) is 8.38. The fraction of sp³-hybridized carbons (Fsp3) is 0.400. The fourth-order valence-corrected chi connectivity index (χ4v) is 1.62. The summed E-state index contributed by atoms with van der Waals surface area (Å²) in [6.07, 6.45) is 2.79. The Hall–Kier alpha value is -1.77. The van der Waals surface area contributed by atoms with Crippen LogP contribution in [0.3, 0.4) is 0 Å². The van der Waals surface area contributed by atoms with E-state index in [2.05, 4.69) is 6.07 Å². The number of carbonyl (C=O) groups is 1. The number of ketones is 1. The highest BCUT2D eigenvalue weighted by atomic mass is 16.5. The Bertz CT molecular complexity index is 430. The van der Waals surface area contributed by atoms with Gasteiger partial charge in [-0.15, -0.1) is 0 Å². The summed E-state index contributed by atoms with van der Waals surface area (Å²) in [7, 11) is 3.75. The van der Waals surface area contributed by atoms with Crippen molar-refractivity contribution in [2.75, 3.05) is 14.1 Å². The Morgan fingerprint density at radius 1 is 1.22 bits per heavy atom. The first kappa shape index (κ1) is 14.3. The molecule has 0 fully saturated rings. The van der Waals surface area contributed by atoms with E-state index in [1.165, 1.54) is 6.08 Å². The van der Waals surface area contributed by atoms with E-state index in [0.717, 1.165) is 16.9 Å². The first-order valence-electron chi connectivity index (χ1n) is 6.02. The molecule has 0 aliphatic heterocycles. The molecule has 0 N–H and O–H groups in total. The number of benzene rings is 1. The molecule has 0 radical (unpaired) electrons. The summed E-state index contributed by atoms with van der Waals surface area (Å²) in [5, 5.41) is 0. The number of hydrogen-bond acceptors (Lipinski definition) is 3.